The van der Waals surface area contributed by atoms with E-state index in [1.54, 1.807) is 0 Å². The maximum Gasteiger partial charge on any atom is 0.280 e. The maximum absolute atomic E-state index is 12.2. The van der Waals surface area contributed by atoms with Crippen LogP contribution in [0.1, 0.15) is 31.2 Å². The highest BCUT2D eigenvalue weighted by Crippen LogP contribution is 2.38. The molecule has 1 amide bonds. The molecule has 0 unspecified atom stereocenters. The van der Waals surface area contributed by atoms with Crippen molar-refractivity contribution in [1.82, 2.24) is 5.32 Å². The molecule has 1 aliphatic carbocycles. The molecule has 1 aromatic carbocycles. The number of carbonyl (C=O) groups is 1. The lowest BCUT2D eigenvalue weighted by Crippen LogP contribution is -2.33. The molecule has 3 rings (SSSR count). The van der Waals surface area contributed by atoms with Gasteiger partial charge in [0.2, 0.25) is 6.79 Å². The molecule has 0 radical (unpaired) electrons. The van der Waals surface area contributed by atoms with Crippen molar-refractivity contribution in [2.45, 2.75) is 31.7 Å². The molecule has 0 spiro atoms. The second-order valence-electron chi connectivity index (χ2n) is 5.65. The summed E-state index contributed by atoms with van der Waals surface area (Å²) in [7, 11) is 0. The third kappa shape index (κ3) is 3.15. The molecule has 8 nitrogen and oxygen atoms in total. The van der Waals surface area contributed by atoms with Gasteiger partial charge < -0.3 is 14.8 Å². The van der Waals surface area contributed by atoms with Gasteiger partial charge in [-0.05, 0) is 25.0 Å². The zero-order chi connectivity index (χ0) is 17.1. The Morgan fingerprint density at radius 1 is 1.33 bits per heavy atom. The highest BCUT2D eigenvalue weighted by molar-refractivity contribution is 6.02. The fraction of sp³-hybridized carbons (Fsp3) is 0.375. The Kier molecular flexibility index (Phi) is 4.33. The van der Waals surface area contributed by atoms with Crippen LogP contribution in [0.4, 0.5) is 5.69 Å². The summed E-state index contributed by atoms with van der Waals surface area (Å²) in [5, 5.41) is 23.3. The predicted octanol–water partition coefficient (Wildman–Crippen LogP) is 2.29. The fourth-order valence-electron chi connectivity index (χ4n) is 2.86. The first kappa shape index (κ1) is 15.8. The second kappa shape index (κ2) is 6.58. The van der Waals surface area contributed by atoms with E-state index >= 15 is 0 Å². The zero-order valence-corrected chi connectivity index (χ0v) is 12.8. The Hall–Kier alpha value is -3.08. The number of carbonyl (C=O) groups excluding carboxylic acids is 1. The Balaban J connectivity index is 1.91. The number of fused-ring (bicyclic) bond motifs is 1. The summed E-state index contributed by atoms with van der Waals surface area (Å²) in [6.45, 7) is -0.0209. The van der Waals surface area contributed by atoms with Crippen LogP contribution >= 0.6 is 0 Å². The molecule has 1 fully saturated rings. The Morgan fingerprint density at radius 3 is 2.62 bits per heavy atom. The summed E-state index contributed by atoms with van der Waals surface area (Å²) in [5.74, 6) is 0.101. The first-order valence-electron chi connectivity index (χ1n) is 7.59. The van der Waals surface area contributed by atoms with Crippen molar-refractivity contribution in [1.29, 1.82) is 5.26 Å². The van der Waals surface area contributed by atoms with E-state index in [0.717, 1.165) is 25.7 Å². The summed E-state index contributed by atoms with van der Waals surface area (Å²) in [6.07, 6.45) is 5.07. The molecular formula is C16H15N3O5. The van der Waals surface area contributed by atoms with Crippen LogP contribution in [0, 0.1) is 21.4 Å². The van der Waals surface area contributed by atoms with Crippen molar-refractivity contribution in [3.8, 4) is 17.6 Å². The quantitative estimate of drug-likeness (QED) is 0.392. The van der Waals surface area contributed by atoms with Crippen LogP contribution < -0.4 is 14.8 Å². The topological polar surface area (TPSA) is 114 Å². The molecule has 24 heavy (non-hydrogen) atoms. The molecule has 2 aliphatic rings. The number of benzene rings is 1. The van der Waals surface area contributed by atoms with Crippen molar-refractivity contribution >= 4 is 17.7 Å². The highest BCUT2D eigenvalue weighted by atomic mass is 16.7. The average Bonchev–Trinajstić information content (AvgIpc) is 3.22. The lowest BCUT2D eigenvalue weighted by Gasteiger charge is -2.11. The molecule has 1 aromatic rings. The smallest absolute Gasteiger partial charge is 0.280 e. The van der Waals surface area contributed by atoms with Crippen molar-refractivity contribution < 1.29 is 19.2 Å². The van der Waals surface area contributed by atoms with E-state index in [0.29, 0.717) is 5.75 Å². The molecule has 8 heteroatoms. The Labute approximate surface area is 137 Å². The van der Waals surface area contributed by atoms with Crippen LogP contribution in [0.2, 0.25) is 0 Å². The van der Waals surface area contributed by atoms with E-state index in [-0.39, 0.29) is 35.4 Å². The normalized spacial score (nSPS) is 16.7. The molecule has 0 aromatic heterocycles. The third-order valence-corrected chi connectivity index (χ3v) is 4.07. The molecule has 1 N–H and O–H groups in total. The van der Waals surface area contributed by atoms with Gasteiger partial charge in [-0.3, -0.25) is 14.9 Å². The van der Waals surface area contributed by atoms with Crippen molar-refractivity contribution in [3.63, 3.8) is 0 Å². The molecule has 124 valence electrons. The number of nitrogens with one attached hydrogen (secondary N) is 1. The van der Waals surface area contributed by atoms with Gasteiger partial charge >= 0.3 is 0 Å². The SMILES string of the molecule is N#C/C(=C\c1cc2c(cc1[N+](=O)[O-])OCO2)C(=O)NC1CCCC1. The molecule has 0 atom stereocenters. The minimum Gasteiger partial charge on any atom is -0.454 e. The average molecular weight is 329 g/mol. The van der Waals surface area contributed by atoms with Gasteiger partial charge in [0.25, 0.3) is 11.6 Å². The van der Waals surface area contributed by atoms with Crippen LogP contribution in [0.25, 0.3) is 6.08 Å². The zero-order valence-electron chi connectivity index (χ0n) is 12.8. The highest BCUT2D eigenvalue weighted by Gasteiger charge is 2.24. The number of hydrogen-bond acceptors (Lipinski definition) is 6. The fourth-order valence-corrected chi connectivity index (χ4v) is 2.86. The largest absolute Gasteiger partial charge is 0.454 e. The summed E-state index contributed by atoms with van der Waals surface area (Å²) in [4.78, 5) is 22.9. The lowest BCUT2D eigenvalue weighted by molar-refractivity contribution is -0.385. The molecule has 0 saturated heterocycles. The molecule has 1 heterocycles. The van der Waals surface area contributed by atoms with Crippen molar-refractivity contribution in [2.75, 3.05) is 6.79 Å². The number of ether oxygens (including phenoxy) is 2. The van der Waals surface area contributed by atoms with Gasteiger partial charge in [-0.2, -0.15) is 5.26 Å². The first-order valence-corrected chi connectivity index (χ1v) is 7.59. The van der Waals surface area contributed by atoms with Gasteiger partial charge in [0.15, 0.2) is 11.5 Å². The van der Waals surface area contributed by atoms with Crippen LogP contribution in [-0.4, -0.2) is 23.7 Å². The molecular weight excluding hydrogens is 314 g/mol. The first-order chi connectivity index (χ1) is 11.6. The van der Waals surface area contributed by atoms with Crippen molar-refractivity contribution in [2.24, 2.45) is 0 Å². The van der Waals surface area contributed by atoms with E-state index in [4.69, 9.17) is 9.47 Å². The maximum atomic E-state index is 12.2. The number of nitro groups is 1. The van der Waals surface area contributed by atoms with E-state index in [9.17, 15) is 20.2 Å². The number of nitro benzene ring substituents is 1. The van der Waals surface area contributed by atoms with E-state index in [1.807, 2.05) is 6.07 Å². The third-order valence-electron chi connectivity index (χ3n) is 4.07. The standard InChI is InChI=1S/C16H15N3O5/c17-8-11(16(20)18-12-3-1-2-4-12)5-10-6-14-15(24-9-23-14)7-13(10)19(21)22/h5-7,12H,1-4,9H2,(H,18,20)/b11-5+. The summed E-state index contributed by atoms with van der Waals surface area (Å²) >= 11 is 0. The van der Waals surface area contributed by atoms with Gasteiger partial charge in [0.05, 0.1) is 16.6 Å². The van der Waals surface area contributed by atoms with E-state index in [2.05, 4.69) is 5.32 Å². The van der Waals surface area contributed by atoms with Gasteiger partial charge in [0, 0.05) is 6.04 Å². The second-order valence-corrected chi connectivity index (χ2v) is 5.65. The van der Waals surface area contributed by atoms with Gasteiger partial charge in [-0.15, -0.1) is 0 Å². The number of rotatable bonds is 4. The van der Waals surface area contributed by atoms with Crippen LogP contribution in [-0.2, 0) is 4.79 Å². The summed E-state index contributed by atoms with van der Waals surface area (Å²) in [5.41, 5.74) is -0.299. The Morgan fingerprint density at radius 2 is 2.00 bits per heavy atom. The van der Waals surface area contributed by atoms with Crippen LogP contribution in [0.5, 0.6) is 11.5 Å². The van der Waals surface area contributed by atoms with Gasteiger partial charge in [0.1, 0.15) is 11.6 Å². The minimum atomic E-state index is -0.586. The monoisotopic (exact) mass is 329 g/mol. The Bertz CT molecular complexity index is 760. The lowest BCUT2D eigenvalue weighted by atomic mass is 10.1. The van der Waals surface area contributed by atoms with Crippen LogP contribution in [0.3, 0.4) is 0 Å². The number of nitrogens with zero attached hydrogens (tertiary/aromatic N) is 2. The molecule has 0 bridgehead atoms. The van der Waals surface area contributed by atoms with E-state index < -0.39 is 10.8 Å². The van der Waals surface area contributed by atoms with Crippen LogP contribution in [0.15, 0.2) is 17.7 Å². The minimum absolute atomic E-state index is 0.0209. The van der Waals surface area contributed by atoms with E-state index in [1.165, 1.54) is 18.2 Å². The number of amides is 1. The van der Waals surface area contributed by atoms with Gasteiger partial charge in [-0.25, -0.2) is 0 Å². The number of hydrogen-bond donors (Lipinski definition) is 1. The molecule has 1 aliphatic heterocycles. The summed E-state index contributed by atoms with van der Waals surface area (Å²) in [6, 6.07) is 4.51. The van der Waals surface area contributed by atoms with Crippen molar-refractivity contribution in [3.05, 3.63) is 33.4 Å². The predicted molar refractivity (Wildman–Crippen MR) is 83.2 cm³/mol. The van der Waals surface area contributed by atoms with Gasteiger partial charge in [-0.1, -0.05) is 12.8 Å². The number of nitriles is 1. The summed E-state index contributed by atoms with van der Waals surface area (Å²) < 4.78 is 10.3. The molecule has 1 saturated carbocycles.